The summed E-state index contributed by atoms with van der Waals surface area (Å²) in [6.45, 7) is 1.32. The van der Waals surface area contributed by atoms with E-state index in [0.717, 1.165) is 11.4 Å². The Hall–Kier alpha value is -1.80. The Bertz CT molecular complexity index is 842. The van der Waals surface area contributed by atoms with Crippen molar-refractivity contribution in [3.05, 3.63) is 38.8 Å². The van der Waals surface area contributed by atoms with Crippen LogP contribution in [0.2, 0.25) is 0 Å². The molecule has 2 aliphatic carbocycles. The summed E-state index contributed by atoms with van der Waals surface area (Å²) in [4.78, 5) is 36.3. The van der Waals surface area contributed by atoms with Crippen molar-refractivity contribution in [1.82, 2.24) is 5.01 Å². The molecule has 8 heteroatoms. The van der Waals surface area contributed by atoms with E-state index < -0.39 is 5.97 Å². The monoisotopic (exact) mass is 480 g/mol. The number of hydrogen-bond donors (Lipinski definition) is 0. The van der Waals surface area contributed by atoms with Crippen LogP contribution in [0, 0.1) is 23.7 Å². The van der Waals surface area contributed by atoms with Crippen LogP contribution >= 0.6 is 31.9 Å². The maximum atomic E-state index is 12.6. The minimum atomic E-state index is -0.434. The number of halogens is 2. The van der Waals surface area contributed by atoms with Gasteiger partial charge in [0.15, 0.2) is 5.75 Å². The highest BCUT2D eigenvalue weighted by Crippen LogP contribution is 2.52. The number of allylic oxidation sites excluding steroid dienone is 2. The van der Waals surface area contributed by atoms with E-state index in [-0.39, 0.29) is 35.5 Å². The first-order chi connectivity index (χ1) is 12.4. The predicted molar refractivity (Wildman–Crippen MR) is 100 cm³/mol. The molecule has 0 radical (unpaired) electrons. The molecule has 4 rings (SSSR count). The standard InChI is InChI=1S/C18H14Br2N2O4/c1-8(23)26-16-12(19)4-9(5-13(16)20)7-21-22-17(24)14-10-2-3-11(6-10)15(14)18(22)25/h2-5,7,10-11,14-15H,6H2,1H3. The van der Waals surface area contributed by atoms with Gasteiger partial charge in [0.1, 0.15) is 0 Å². The van der Waals surface area contributed by atoms with Gasteiger partial charge in [-0.25, -0.2) is 0 Å². The number of nitrogens with zero attached hydrogens (tertiary/aromatic N) is 2. The number of benzene rings is 1. The molecule has 2 fully saturated rings. The lowest BCUT2D eigenvalue weighted by atomic mass is 9.85. The Morgan fingerprint density at radius 3 is 2.19 bits per heavy atom. The van der Waals surface area contributed by atoms with Crippen LogP contribution in [0.1, 0.15) is 18.9 Å². The van der Waals surface area contributed by atoms with Crippen molar-refractivity contribution in [2.24, 2.45) is 28.8 Å². The first-order valence-corrected chi connectivity index (χ1v) is 9.73. The highest BCUT2D eigenvalue weighted by Gasteiger charge is 2.59. The largest absolute Gasteiger partial charge is 0.424 e. The summed E-state index contributed by atoms with van der Waals surface area (Å²) in [6, 6.07) is 3.40. The maximum Gasteiger partial charge on any atom is 0.308 e. The van der Waals surface area contributed by atoms with Gasteiger partial charge in [0, 0.05) is 6.92 Å². The molecule has 0 N–H and O–H groups in total. The Morgan fingerprint density at radius 2 is 1.69 bits per heavy atom. The molecule has 2 bridgehead atoms. The van der Waals surface area contributed by atoms with E-state index in [9.17, 15) is 14.4 Å². The Morgan fingerprint density at radius 1 is 1.15 bits per heavy atom. The molecule has 3 aliphatic rings. The van der Waals surface area contributed by atoms with Crippen molar-refractivity contribution in [1.29, 1.82) is 0 Å². The lowest BCUT2D eigenvalue weighted by Gasteiger charge is -2.13. The minimum Gasteiger partial charge on any atom is -0.424 e. The van der Waals surface area contributed by atoms with E-state index >= 15 is 0 Å². The van der Waals surface area contributed by atoms with Crippen LogP contribution < -0.4 is 4.74 Å². The van der Waals surface area contributed by atoms with E-state index in [2.05, 4.69) is 37.0 Å². The number of carbonyl (C=O) groups excluding carboxylic acids is 3. The lowest BCUT2D eigenvalue weighted by Crippen LogP contribution is -2.28. The van der Waals surface area contributed by atoms with Gasteiger partial charge in [-0.3, -0.25) is 14.4 Å². The molecule has 134 valence electrons. The Kier molecular flexibility index (Phi) is 4.35. The van der Waals surface area contributed by atoms with E-state index in [1.54, 1.807) is 12.1 Å². The van der Waals surface area contributed by atoms with E-state index in [4.69, 9.17) is 4.74 Å². The molecule has 4 unspecified atom stereocenters. The van der Waals surface area contributed by atoms with Crippen LogP contribution in [0.5, 0.6) is 5.75 Å². The molecule has 1 aliphatic heterocycles. The van der Waals surface area contributed by atoms with Crippen molar-refractivity contribution in [2.75, 3.05) is 0 Å². The van der Waals surface area contributed by atoms with E-state index in [0.29, 0.717) is 20.3 Å². The summed E-state index contributed by atoms with van der Waals surface area (Å²) in [5.41, 5.74) is 0.651. The van der Waals surface area contributed by atoms with Gasteiger partial charge in [-0.05, 0) is 67.8 Å². The van der Waals surface area contributed by atoms with E-state index in [1.807, 2.05) is 12.2 Å². The molecule has 26 heavy (non-hydrogen) atoms. The number of hydrazone groups is 1. The van der Waals surface area contributed by atoms with Crippen LogP contribution in [0.3, 0.4) is 0 Å². The number of fused-ring (bicyclic) bond motifs is 5. The highest BCUT2D eigenvalue weighted by molar-refractivity contribution is 9.11. The summed E-state index contributed by atoms with van der Waals surface area (Å²) >= 11 is 6.69. The summed E-state index contributed by atoms with van der Waals surface area (Å²) in [7, 11) is 0. The molecule has 1 aromatic carbocycles. The fourth-order valence-corrected chi connectivity index (χ4v) is 5.40. The third-order valence-corrected chi connectivity index (χ3v) is 6.21. The molecule has 1 saturated heterocycles. The van der Waals surface area contributed by atoms with Crippen molar-refractivity contribution >= 4 is 55.9 Å². The van der Waals surface area contributed by atoms with Gasteiger partial charge in [0.05, 0.1) is 27.0 Å². The average molecular weight is 482 g/mol. The Labute approximate surface area is 166 Å². The molecule has 4 atom stereocenters. The quantitative estimate of drug-likeness (QED) is 0.218. The van der Waals surface area contributed by atoms with Crippen LogP contribution in [-0.2, 0) is 14.4 Å². The second kappa shape index (κ2) is 6.42. The summed E-state index contributed by atoms with van der Waals surface area (Å²) in [5.74, 6) is -0.721. The van der Waals surface area contributed by atoms with Crippen molar-refractivity contribution in [3.8, 4) is 5.75 Å². The molecule has 0 aromatic heterocycles. The molecule has 1 saturated carbocycles. The Balaban J connectivity index is 1.57. The zero-order valence-electron chi connectivity index (χ0n) is 13.7. The third-order valence-electron chi connectivity index (χ3n) is 5.04. The van der Waals surface area contributed by atoms with Gasteiger partial charge in [-0.1, -0.05) is 12.2 Å². The van der Waals surface area contributed by atoms with Crippen LogP contribution in [0.25, 0.3) is 0 Å². The fourth-order valence-electron chi connectivity index (χ4n) is 4.02. The number of esters is 1. The zero-order chi connectivity index (χ0) is 18.6. The smallest absolute Gasteiger partial charge is 0.308 e. The lowest BCUT2D eigenvalue weighted by molar-refractivity contribution is -0.140. The topological polar surface area (TPSA) is 76.0 Å². The summed E-state index contributed by atoms with van der Waals surface area (Å²) in [5, 5.41) is 5.14. The molecule has 0 spiro atoms. The van der Waals surface area contributed by atoms with E-state index in [1.165, 1.54) is 13.1 Å². The fraction of sp³-hybridized carbons (Fsp3) is 0.333. The first kappa shape index (κ1) is 17.6. The number of imide groups is 1. The minimum absolute atomic E-state index is 0.160. The third kappa shape index (κ3) is 2.75. The van der Waals surface area contributed by atoms with Crippen LogP contribution in [0.15, 0.2) is 38.3 Å². The summed E-state index contributed by atoms with van der Waals surface area (Å²) in [6.07, 6.45) is 6.44. The van der Waals surface area contributed by atoms with Crippen molar-refractivity contribution in [3.63, 3.8) is 0 Å². The van der Waals surface area contributed by atoms with Gasteiger partial charge in [-0.2, -0.15) is 10.1 Å². The van der Waals surface area contributed by atoms with Crippen molar-refractivity contribution < 1.29 is 19.1 Å². The van der Waals surface area contributed by atoms with Gasteiger partial charge in [0.25, 0.3) is 11.8 Å². The average Bonchev–Trinajstić information content (AvgIpc) is 3.24. The first-order valence-electron chi connectivity index (χ1n) is 8.14. The molecular formula is C18H14Br2N2O4. The van der Waals surface area contributed by atoms with Crippen molar-refractivity contribution in [2.45, 2.75) is 13.3 Å². The molecular weight excluding hydrogens is 468 g/mol. The molecule has 2 amide bonds. The highest BCUT2D eigenvalue weighted by atomic mass is 79.9. The maximum absolute atomic E-state index is 12.6. The molecule has 1 heterocycles. The van der Waals surface area contributed by atoms with Gasteiger partial charge < -0.3 is 4.74 Å². The SMILES string of the molecule is CC(=O)Oc1c(Br)cc(C=NN2C(=O)C3C4C=CC(C4)C3C2=O)cc1Br. The number of carbonyl (C=O) groups is 3. The molecule has 1 aromatic rings. The van der Waals surface area contributed by atoms with Gasteiger partial charge in [0.2, 0.25) is 0 Å². The second-order valence-corrected chi connectivity index (χ2v) is 8.35. The summed E-state index contributed by atoms with van der Waals surface area (Å²) < 4.78 is 6.24. The van der Waals surface area contributed by atoms with Gasteiger partial charge >= 0.3 is 5.97 Å². The van der Waals surface area contributed by atoms with Gasteiger partial charge in [-0.15, -0.1) is 0 Å². The van der Waals surface area contributed by atoms with Crippen LogP contribution in [0.4, 0.5) is 0 Å². The van der Waals surface area contributed by atoms with Crippen LogP contribution in [-0.4, -0.2) is 29.0 Å². The number of hydrogen-bond acceptors (Lipinski definition) is 5. The normalized spacial score (nSPS) is 29.1. The molecule has 6 nitrogen and oxygen atoms in total. The zero-order valence-corrected chi connectivity index (χ0v) is 16.9. The number of rotatable bonds is 3. The predicted octanol–water partition coefficient (Wildman–Crippen LogP) is 3.28. The number of ether oxygens (including phenoxy) is 1. The number of amides is 2. The second-order valence-electron chi connectivity index (χ2n) is 6.64.